The lowest BCUT2D eigenvalue weighted by molar-refractivity contribution is 0.413. The minimum Gasteiger partial charge on any atom is -0.461 e. The number of hydrogen-bond donors (Lipinski definition) is 1. The Kier molecular flexibility index (Phi) is 4.21. The molecule has 4 aromatic rings. The Morgan fingerprint density at radius 2 is 2.00 bits per heavy atom. The maximum absolute atomic E-state index is 6.19. The highest BCUT2D eigenvalue weighted by Gasteiger charge is 2.16. The maximum atomic E-state index is 6.19. The third kappa shape index (κ3) is 3.13. The number of benzene rings is 1. The summed E-state index contributed by atoms with van der Waals surface area (Å²) in [5.74, 6) is 8.34. The fraction of sp³-hybridized carbons (Fsp3) is 0.0625. The van der Waals surface area contributed by atoms with Gasteiger partial charge in [-0.3, -0.25) is 0 Å². The summed E-state index contributed by atoms with van der Waals surface area (Å²) in [4.78, 5) is 0. The minimum atomic E-state index is 0.504. The second-order valence-corrected chi connectivity index (χ2v) is 6.45. The third-order valence-corrected chi connectivity index (χ3v) is 4.76. The molecule has 126 valence electrons. The summed E-state index contributed by atoms with van der Waals surface area (Å²) in [6.45, 7) is 0. The van der Waals surface area contributed by atoms with Crippen molar-refractivity contribution in [1.29, 1.82) is 0 Å². The SMILES string of the molecule is Nn1c(SCc2cc(-c3ccco3)on2)nnc1-c1ccccc1Cl. The number of halogens is 1. The molecule has 0 saturated carbocycles. The van der Waals surface area contributed by atoms with E-state index in [2.05, 4.69) is 15.4 Å². The van der Waals surface area contributed by atoms with E-state index in [-0.39, 0.29) is 0 Å². The predicted molar refractivity (Wildman–Crippen MR) is 94.4 cm³/mol. The van der Waals surface area contributed by atoms with E-state index in [0.717, 1.165) is 11.3 Å². The number of aromatic nitrogens is 4. The molecule has 0 amide bonds. The summed E-state index contributed by atoms with van der Waals surface area (Å²) in [6.07, 6.45) is 1.58. The molecule has 4 rings (SSSR count). The minimum absolute atomic E-state index is 0.504. The number of hydrogen-bond acceptors (Lipinski definition) is 7. The lowest BCUT2D eigenvalue weighted by atomic mass is 10.2. The smallest absolute Gasteiger partial charge is 0.210 e. The molecule has 0 saturated heterocycles. The summed E-state index contributed by atoms with van der Waals surface area (Å²) in [6, 6.07) is 12.8. The van der Waals surface area contributed by atoms with Crippen LogP contribution in [-0.2, 0) is 5.75 Å². The Morgan fingerprint density at radius 1 is 1.12 bits per heavy atom. The summed E-state index contributed by atoms with van der Waals surface area (Å²) in [5, 5.41) is 13.4. The van der Waals surface area contributed by atoms with Crippen LogP contribution in [0.1, 0.15) is 5.69 Å². The Balaban J connectivity index is 1.50. The van der Waals surface area contributed by atoms with Crippen LogP contribution in [0.15, 0.2) is 62.8 Å². The van der Waals surface area contributed by atoms with Crippen molar-refractivity contribution in [2.75, 3.05) is 5.84 Å². The van der Waals surface area contributed by atoms with Gasteiger partial charge in [0.25, 0.3) is 0 Å². The van der Waals surface area contributed by atoms with Gasteiger partial charge in [0.05, 0.1) is 17.0 Å². The highest BCUT2D eigenvalue weighted by Crippen LogP contribution is 2.29. The first-order valence-electron chi connectivity index (χ1n) is 7.30. The van der Waals surface area contributed by atoms with E-state index < -0.39 is 0 Å². The van der Waals surface area contributed by atoms with Crippen LogP contribution in [0.2, 0.25) is 5.02 Å². The number of nitrogen functional groups attached to an aromatic ring is 1. The molecule has 1 aromatic carbocycles. The van der Waals surface area contributed by atoms with Gasteiger partial charge in [-0.25, -0.2) is 4.68 Å². The fourth-order valence-corrected chi connectivity index (χ4v) is 3.21. The molecule has 0 atom stereocenters. The molecule has 25 heavy (non-hydrogen) atoms. The first-order valence-corrected chi connectivity index (χ1v) is 8.66. The summed E-state index contributed by atoms with van der Waals surface area (Å²) >= 11 is 7.59. The number of thioether (sulfide) groups is 1. The van der Waals surface area contributed by atoms with Crippen LogP contribution in [-0.4, -0.2) is 20.0 Å². The van der Waals surface area contributed by atoms with Crippen molar-refractivity contribution in [3.63, 3.8) is 0 Å². The van der Waals surface area contributed by atoms with E-state index in [0.29, 0.717) is 33.3 Å². The molecule has 0 aliphatic carbocycles. The second-order valence-electron chi connectivity index (χ2n) is 5.10. The van der Waals surface area contributed by atoms with Crippen LogP contribution in [0.5, 0.6) is 0 Å². The van der Waals surface area contributed by atoms with Crippen LogP contribution >= 0.6 is 23.4 Å². The van der Waals surface area contributed by atoms with Gasteiger partial charge in [0, 0.05) is 17.4 Å². The van der Waals surface area contributed by atoms with E-state index in [9.17, 15) is 0 Å². The molecular formula is C16H12ClN5O2S. The lowest BCUT2D eigenvalue weighted by Gasteiger charge is -2.04. The molecule has 2 N–H and O–H groups in total. The van der Waals surface area contributed by atoms with Crippen molar-refractivity contribution < 1.29 is 8.94 Å². The number of rotatable bonds is 5. The van der Waals surface area contributed by atoms with Crippen LogP contribution in [0.4, 0.5) is 0 Å². The standard InChI is InChI=1S/C16H12ClN5O2S/c17-12-5-2-1-4-11(12)15-19-20-16(22(15)18)25-9-10-8-14(24-21-10)13-6-3-7-23-13/h1-8H,9,18H2. The van der Waals surface area contributed by atoms with Crippen molar-refractivity contribution in [2.24, 2.45) is 0 Å². The highest BCUT2D eigenvalue weighted by atomic mass is 35.5. The van der Waals surface area contributed by atoms with Crippen molar-refractivity contribution in [2.45, 2.75) is 10.9 Å². The first-order chi connectivity index (χ1) is 12.2. The molecule has 3 aromatic heterocycles. The number of furan rings is 1. The molecule has 0 spiro atoms. The van der Waals surface area contributed by atoms with Gasteiger partial charge in [-0.05, 0) is 24.3 Å². The maximum Gasteiger partial charge on any atom is 0.210 e. The molecule has 9 heteroatoms. The van der Waals surface area contributed by atoms with Gasteiger partial charge in [0.1, 0.15) is 0 Å². The van der Waals surface area contributed by atoms with Gasteiger partial charge in [0.15, 0.2) is 11.6 Å². The number of nitrogens with zero attached hydrogens (tertiary/aromatic N) is 4. The quantitative estimate of drug-likeness (QED) is 0.419. The van der Waals surface area contributed by atoms with E-state index in [4.69, 9.17) is 26.4 Å². The Bertz CT molecular complexity index is 996. The van der Waals surface area contributed by atoms with E-state index in [1.807, 2.05) is 30.3 Å². The van der Waals surface area contributed by atoms with Gasteiger partial charge in [0.2, 0.25) is 10.9 Å². The normalized spacial score (nSPS) is 11.1. The van der Waals surface area contributed by atoms with E-state index in [1.54, 1.807) is 18.4 Å². The van der Waals surface area contributed by atoms with Crippen molar-refractivity contribution in [3.8, 4) is 22.9 Å². The van der Waals surface area contributed by atoms with Gasteiger partial charge in [-0.15, -0.1) is 10.2 Å². The molecular weight excluding hydrogens is 362 g/mol. The number of nitrogens with two attached hydrogens (primary N) is 1. The van der Waals surface area contributed by atoms with Gasteiger partial charge in [-0.2, -0.15) is 0 Å². The average molecular weight is 374 g/mol. The molecule has 3 heterocycles. The molecule has 0 bridgehead atoms. The van der Waals surface area contributed by atoms with Crippen molar-refractivity contribution in [3.05, 3.63) is 59.4 Å². The Morgan fingerprint density at radius 3 is 2.80 bits per heavy atom. The van der Waals surface area contributed by atoms with Crippen molar-refractivity contribution >= 4 is 23.4 Å². The summed E-state index contributed by atoms with van der Waals surface area (Å²) in [5.41, 5.74) is 1.48. The van der Waals surface area contributed by atoms with Crippen molar-refractivity contribution in [1.82, 2.24) is 20.0 Å². The molecule has 7 nitrogen and oxygen atoms in total. The molecule has 0 aliphatic rings. The molecule has 0 unspecified atom stereocenters. The van der Waals surface area contributed by atoms with E-state index in [1.165, 1.54) is 16.4 Å². The monoisotopic (exact) mass is 373 g/mol. The third-order valence-electron chi connectivity index (χ3n) is 3.45. The molecule has 0 radical (unpaired) electrons. The topological polar surface area (TPSA) is 95.9 Å². The Hall–Kier alpha value is -2.71. The van der Waals surface area contributed by atoms with Gasteiger partial charge >= 0.3 is 0 Å². The molecule has 0 aliphatic heterocycles. The van der Waals surface area contributed by atoms with Crippen LogP contribution in [0.3, 0.4) is 0 Å². The largest absolute Gasteiger partial charge is 0.461 e. The molecule has 0 fully saturated rings. The van der Waals surface area contributed by atoms with Crippen LogP contribution < -0.4 is 5.84 Å². The van der Waals surface area contributed by atoms with Gasteiger partial charge in [-0.1, -0.05) is 40.7 Å². The average Bonchev–Trinajstić information content (AvgIpc) is 3.35. The van der Waals surface area contributed by atoms with Gasteiger partial charge < -0.3 is 14.8 Å². The van der Waals surface area contributed by atoms with Crippen LogP contribution in [0, 0.1) is 0 Å². The predicted octanol–water partition coefficient (Wildman–Crippen LogP) is 3.85. The summed E-state index contributed by atoms with van der Waals surface area (Å²) < 4.78 is 12.0. The highest BCUT2D eigenvalue weighted by molar-refractivity contribution is 7.98. The Labute approximate surface area is 151 Å². The van der Waals surface area contributed by atoms with Crippen LogP contribution in [0.25, 0.3) is 22.9 Å². The summed E-state index contributed by atoms with van der Waals surface area (Å²) in [7, 11) is 0. The zero-order valence-electron chi connectivity index (χ0n) is 12.8. The second kappa shape index (κ2) is 6.66. The first kappa shape index (κ1) is 15.8. The zero-order valence-corrected chi connectivity index (χ0v) is 14.4. The lowest BCUT2D eigenvalue weighted by Crippen LogP contribution is -2.11. The fourth-order valence-electron chi connectivity index (χ4n) is 2.25. The zero-order chi connectivity index (χ0) is 17.2. The van der Waals surface area contributed by atoms with E-state index >= 15 is 0 Å².